The lowest BCUT2D eigenvalue weighted by atomic mass is 10.0. The molecule has 0 saturated carbocycles. The minimum Gasteiger partial charge on any atom is -0.386 e. The Balaban J connectivity index is 2.54. The summed E-state index contributed by atoms with van der Waals surface area (Å²) in [5.41, 5.74) is 0. The zero-order valence-corrected chi connectivity index (χ0v) is 6.43. The van der Waals surface area contributed by atoms with Crippen LogP contribution in [0.1, 0.15) is 6.42 Å². The Morgan fingerprint density at radius 2 is 2.36 bits per heavy atom. The van der Waals surface area contributed by atoms with Gasteiger partial charge in [0.05, 0.1) is 6.54 Å². The molecule has 0 bridgehead atoms. The van der Waals surface area contributed by atoms with E-state index in [0.717, 1.165) is 6.54 Å². The predicted octanol–water partition coefficient (Wildman–Crippen LogP) is -0.672. The van der Waals surface area contributed by atoms with Gasteiger partial charge in [-0.3, -0.25) is 15.0 Å². The van der Waals surface area contributed by atoms with Crippen molar-refractivity contribution in [3.63, 3.8) is 0 Å². The molecule has 0 spiro atoms. The van der Waals surface area contributed by atoms with Crippen molar-refractivity contribution < 1.29 is 10.0 Å². The van der Waals surface area contributed by atoms with Gasteiger partial charge < -0.3 is 5.11 Å². The van der Waals surface area contributed by atoms with Gasteiger partial charge in [0.2, 0.25) is 0 Å². The molecule has 64 valence electrons. The van der Waals surface area contributed by atoms with E-state index in [9.17, 15) is 15.2 Å². The van der Waals surface area contributed by atoms with Crippen molar-refractivity contribution in [2.75, 3.05) is 20.1 Å². The van der Waals surface area contributed by atoms with Crippen LogP contribution in [-0.2, 0) is 0 Å². The van der Waals surface area contributed by atoms with Gasteiger partial charge in [0.1, 0.15) is 6.10 Å². The number of aliphatic hydroxyl groups excluding tert-OH is 1. The van der Waals surface area contributed by atoms with E-state index in [4.69, 9.17) is 0 Å². The van der Waals surface area contributed by atoms with Crippen LogP contribution in [0.25, 0.3) is 0 Å². The van der Waals surface area contributed by atoms with E-state index in [1.807, 2.05) is 11.9 Å². The average molecular weight is 160 g/mol. The van der Waals surface area contributed by atoms with Gasteiger partial charge in [-0.2, -0.15) is 0 Å². The van der Waals surface area contributed by atoms with Gasteiger partial charge in [-0.05, 0) is 13.5 Å². The molecule has 1 heterocycles. The van der Waals surface area contributed by atoms with E-state index in [1.165, 1.54) is 0 Å². The van der Waals surface area contributed by atoms with E-state index in [1.54, 1.807) is 0 Å². The summed E-state index contributed by atoms with van der Waals surface area (Å²) in [5.74, 6) is 0. The molecular formula is C6H12N2O3. The minimum atomic E-state index is -0.797. The van der Waals surface area contributed by atoms with Crippen molar-refractivity contribution in [3.8, 4) is 0 Å². The number of hydrogen-bond acceptors (Lipinski definition) is 4. The predicted molar refractivity (Wildman–Crippen MR) is 38.9 cm³/mol. The van der Waals surface area contributed by atoms with Crippen molar-refractivity contribution >= 4 is 0 Å². The number of rotatable bonds is 1. The smallest absolute Gasteiger partial charge is 0.251 e. The Kier molecular flexibility index (Phi) is 2.41. The molecule has 1 aliphatic rings. The molecule has 1 N–H and O–H groups in total. The molecule has 0 aliphatic carbocycles. The molecule has 1 rings (SSSR count). The van der Waals surface area contributed by atoms with Crippen LogP contribution in [0.4, 0.5) is 0 Å². The molecule has 5 heteroatoms. The first-order chi connectivity index (χ1) is 5.11. The molecule has 0 aromatic carbocycles. The summed E-state index contributed by atoms with van der Waals surface area (Å²) in [6, 6.07) is -0.797. The molecule has 11 heavy (non-hydrogen) atoms. The van der Waals surface area contributed by atoms with Crippen molar-refractivity contribution in [2.45, 2.75) is 18.6 Å². The summed E-state index contributed by atoms with van der Waals surface area (Å²) in [7, 11) is 1.82. The summed E-state index contributed by atoms with van der Waals surface area (Å²) in [6.45, 7) is 1.10. The Morgan fingerprint density at radius 3 is 2.82 bits per heavy atom. The fourth-order valence-electron chi connectivity index (χ4n) is 1.28. The fraction of sp³-hybridized carbons (Fsp3) is 1.00. The maximum atomic E-state index is 10.3. The highest BCUT2D eigenvalue weighted by molar-refractivity contribution is 4.77. The van der Waals surface area contributed by atoms with Crippen molar-refractivity contribution in [3.05, 3.63) is 10.1 Å². The van der Waals surface area contributed by atoms with Crippen LogP contribution < -0.4 is 0 Å². The third-order valence-electron chi connectivity index (χ3n) is 2.02. The zero-order chi connectivity index (χ0) is 8.43. The summed E-state index contributed by atoms with van der Waals surface area (Å²) in [6.07, 6.45) is -0.261. The number of piperidine rings is 1. The Bertz CT molecular complexity index is 162. The van der Waals surface area contributed by atoms with Crippen LogP contribution in [0.5, 0.6) is 0 Å². The zero-order valence-electron chi connectivity index (χ0n) is 6.43. The van der Waals surface area contributed by atoms with Crippen LogP contribution in [0, 0.1) is 10.1 Å². The molecule has 0 amide bonds. The first kappa shape index (κ1) is 8.42. The molecule has 1 saturated heterocycles. The van der Waals surface area contributed by atoms with Crippen LogP contribution >= 0.6 is 0 Å². The number of nitrogens with zero attached hydrogens (tertiary/aromatic N) is 2. The van der Waals surface area contributed by atoms with Gasteiger partial charge in [0.15, 0.2) is 0 Å². The highest BCUT2D eigenvalue weighted by Gasteiger charge is 2.34. The summed E-state index contributed by atoms with van der Waals surface area (Å²) in [4.78, 5) is 11.8. The third kappa shape index (κ3) is 1.87. The second kappa shape index (κ2) is 3.15. The van der Waals surface area contributed by atoms with Crippen LogP contribution in [0.15, 0.2) is 0 Å². The lowest BCUT2D eigenvalue weighted by Gasteiger charge is -2.28. The van der Waals surface area contributed by atoms with E-state index < -0.39 is 17.1 Å². The van der Waals surface area contributed by atoms with Gasteiger partial charge in [-0.15, -0.1) is 0 Å². The van der Waals surface area contributed by atoms with Gasteiger partial charge in [0.25, 0.3) is 6.04 Å². The largest absolute Gasteiger partial charge is 0.386 e. The first-order valence-corrected chi connectivity index (χ1v) is 3.61. The quantitative estimate of drug-likeness (QED) is 0.408. The normalized spacial score (nSPS) is 33.6. The summed E-state index contributed by atoms with van der Waals surface area (Å²) in [5, 5.41) is 19.5. The van der Waals surface area contributed by atoms with Gasteiger partial charge >= 0.3 is 0 Å². The van der Waals surface area contributed by atoms with E-state index >= 15 is 0 Å². The van der Waals surface area contributed by atoms with Crippen molar-refractivity contribution in [2.24, 2.45) is 0 Å². The molecule has 0 aromatic rings. The van der Waals surface area contributed by atoms with Crippen LogP contribution in [-0.4, -0.2) is 47.2 Å². The van der Waals surface area contributed by atoms with Crippen LogP contribution in [0.3, 0.4) is 0 Å². The number of aliphatic hydroxyl groups is 1. The van der Waals surface area contributed by atoms with Gasteiger partial charge in [0, 0.05) is 11.5 Å². The Labute approximate surface area is 64.8 Å². The Morgan fingerprint density at radius 1 is 1.73 bits per heavy atom. The average Bonchev–Trinajstić information content (AvgIpc) is 1.94. The molecule has 2 atom stereocenters. The molecule has 0 radical (unpaired) electrons. The number of likely N-dealkylation sites (tertiary alicyclic amines) is 1. The standard InChI is InChI=1S/C6H12N2O3/c1-7-3-2-6(9)5(4-7)8(10)11/h5-6,9H,2-4H2,1H3/t5-,6+/m0/s1. The second-order valence-corrected chi connectivity index (χ2v) is 2.97. The number of likely N-dealkylation sites (N-methyl/N-ethyl adjacent to an activating group) is 1. The van der Waals surface area contributed by atoms with E-state index in [2.05, 4.69) is 0 Å². The molecule has 0 unspecified atom stereocenters. The SMILES string of the molecule is CN1CC[C@@H](O)[C@@H]([N+](=O)[O-])C1. The highest BCUT2D eigenvalue weighted by atomic mass is 16.6. The molecule has 5 nitrogen and oxygen atoms in total. The molecule has 1 aliphatic heterocycles. The maximum absolute atomic E-state index is 10.3. The molecular weight excluding hydrogens is 148 g/mol. The monoisotopic (exact) mass is 160 g/mol. The fourth-order valence-corrected chi connectivity index (χ4v) is 1.28. The lowest BCUT2D eigenvalue weighted by molar-refractivity contribution is -0.537. The number of hydrogen-bond donors (Lipinski definition) is 1. The summed E-state index contributed by atoms with van der Waals surface area (Å²) >= 11 is 0. The lowest BCUT2D eigenvalue weighted by Crippen LogP contribution is -2.48. The Hall–Kier alpha value is -0.680. The number of nitro groups is 1. The highest BCUT2D eigenvalue weighted by Crippen LogP contribution is 2.11. The van der Waals surface area contributed by atoms with Gasteiger partial charge in [-0.1, -0.05) is 0 Å². The van der Waals surface area contributed by atoms with E-state index in [-0.39, 0.29) is 0 Å². The summed E-state index contributed by atoms with van der Waals surface area (Å²) < 4.78 is 0. The van der Waals surface area contributed by atoms with E-state index in [0.29, 0.717) is 13.0 Å². The second-order valence-electron chi connectivity index (χ2n) is 2.97. The third-order valence-corrected chi connectivity index (χ3v) is 2.02. The van der Waals surface area contributed by atoms with Crippen molar-refractivity contribution in [1.29, 1.82) is 0 Å². The topological polar surface area (TPSA) is 66.6 Å². The molecule has 1 fully saturated rings. The molecule has 0 aromatic heterocycles. The minimum absolute atomic E-state index is 0.355. The van der Waals surface area contributed by atoms with Crippen LogP contribution in [0.2, 0.25) is 0 Å². The van der Waals surface area contributed by atoms with Gasteiger partial charge in [-0.25, -0.2) is 0 Å². The maximum Gasteiger partial charge on any atom is 0.251 e. The van der Waals surface area contributed by atoms with Crippen molar-refractivity contribution in [1.82, 2.24) is 4.90 Å². The first-order valence-electron chi connectivity index (χ1n) is 3.61.